The number of rotatable bonds is 6. The molecule has 0 saturated carbocycles. The fourth-order valence-electron chi connectivity index (χ4n) is 2.18. The van der Waals surface area contributed by atoms with E-state index in [-0.39, 0.29) is 0 Å². The summed E-state index contributed by atoms with van der Waals surface area (Å²) in [5.41, 5.74) is 1.51. The summed E-state index contributed by atoms with van der Waals surface area (Å²) in [7, 11) is 0. The monoisotopic (exact) mass is 251 g/mol. The van der Waals surface area contributed by atoms with E-state index in [0.717, 1.165) is 19.4 Å². The van der Waals surface area contributed by atoms with Crippen molar-refractivity contribution in [1.29, 1.82) is 0 Å². The van der Waals surface area contributed by atoms with Crippen LogP contribution in [0.1, 0.15) is 59.7 Å². The Bertz CT molecular complexity index is 347. The molecule has 0 aliphatic rings. The molecule has 0 saturated heterocycles. The van der Waals surface area contributed by atoms with Gasteiger partial charge >= 0.3 is 0 Å². The Balaban J connectivity index is 2.56. The average molecular weight is 251 g/mol. The van der Waals surface area contributed by atoms with E-state index in [1.165, 1.54) is 5.69 Å². The van der Waals surface area contributed by atoms with Gasteiger partial charge in [-0.1, -0.05) is 27.7 Å². The summed E-state index contributed by atoms with van der Waals surface area (Å²) >= 11 is 0. The highest BCUT2D eigenvalue weighted by atomic mass is 15.3. The van der Waals surface area contributed by atoms with E-state index in [1.807, 2.05) is 4.68 Å². The zero-order valence-corrected chi connectivity index (χ0v) is 12.8. The standard InChI is InChI=1S/C15H29N3/c1-7-16-14(15(4,5)6)9-8-13-10-11-18(17-13)12(2)3/h10-12,14,16H,7-9H2,1-6H3. The van der Waals surface area contributed by atoms with Crippen LogP contribution in [-0.4, -0.2) is 22.4 Å². The zero-order valence-electron chi connectivity index (χ0n) is 12.8. The molecule has 1 aromatic rings. The van der Waals surface area contributed by atoms with Crippen molar-refractivity contribution < 1.29 is 0 Å². The maximum absolute atomic E-state index is 4.61. The first-order valence-corrected chi connectivity index (χ1v) is 7.12. The van der Waals surface area contributed by atoms with Crippen LogP contribution in [-0.2, 0) is 6.42 Å². The van der Waals surface area contributed by atoms with Gasteiger partial charge < -0.3 is 5.32 Å². The van der Waals surface area contributed by atoms with E-state index < -0.39 is 0 Å². The Labute approximate surface area is 112 Å². The number of nitrogens with one attached hydrogen (secondary N) is 1. The third-order valence-electron chi connectivity index (χ3n) is 3.38. The van der Waals surface area contributed by atoms with E-state index in [9.17, 15) is 0 Å². The van der Waals surface area contributed by atoms with Crippen LogP contribution >= 0.6 is 0 Å². The van der Waals surface area contributed by atoms with Crippen LogP contribution in [0.25, 0.3) is 0 Å². The molecule has 3 heteroatoms. The minimum atomic E-state index is 0.302. The van der Waals surface area contributed by atoms with Crippen molar-refractivity contribution in [3.8, 4) is 0 Å². The molecule has 0 aliphatic heterocycles. The van der Waals surface area contributed by atoms with Crippen molar-refractivity contribution in [1.82, 2.24) is 15.1 Å². The van der Waals surface area contributed by atoms with Crippen molar-refractivity contribution in [2.75, 3.05) is 6.54 Å². The Morgan fingerprint density at radius 2 is 2.00 bits per heavy atom. The topological polar surface area (TPSA) is 29.9 Å². The molecule has 104 valence electrons. The predicted octanol–water partition coefficient (Wildman–Crippen LogP) is 3.42. The lowest BCUT2D eigenvalue weighted by Crippen LogP contribution is -2.40. The number of aromatic nitrogens is 2. The van der Waals surface area contributed by atoms with Crippen LogP contribution in [0.15, 0.2) is 12.3 Å². The maximum Gasteiger partial charge on any atom is 0.0625 e. The second-order valence-electron chi connectivity index (χ2n) is 6.40. The zero-order chi connectivity index (χ0) is 13.8. The van der Waals surface area contributed by atoms with Crippen LogP contribution in [0.3, 0.4) is 0 Å². The van der Waals surface area contributed by atoms with Gasteiger partial charge in [-0.2, -0.15) is 5.10 Å². The van der Waals surface area contributed by atoms with Crippen LogP contribution in [0, 0.1) is 5.41 Å². The smallest absolute Gasteiger partial charge is 0.0625 e. The molecule has 0 aromatic carbocycles. The molecule has 1 N–H and O–H groups in total. The minimum Gasteiger partial charge on any atom is -0.314 e. The summed E-state index contributed by atoms with van der Waals surface area (Å²) in [6.45, 7) is 14.4. The lowest BCUT2D eigenvalue weighted by Gasteiger charge is -2.31. The summed E-state index contributed by atoms with van der Waals surface area (Å²) in [5, 5.41) is 8.20. The molecule has 0 fully saturated rings. The Kier molecular flexibility index (Phi) is 5.39. The predicted molar refractivity (Wildman–Crippen MR) is 77.9 cm³/mol. The summed E-state index contributed by atoms with van der Waals surface area (Å²) < 4.78 is 2.04. The third kappa shape index (κ3) is 4.45. The molecule has 1 aromatic heterocycles. The van der Waals surface area contributed by atoms with Crippen LogP contribution in [0.5, 0.6) is 0 Å². The van der Waals surface area contributed by atoms with Crippen LogP contribution in [0.2, 0.25) is 0 Å². The SMILES string of the molecule is CCNC(CCc1ccn(C(C)C)n1)C(C)(C)C. The first-order chi connectivity index (χ1) is 8.34. The van der Waals surface area contributed by atoms with Crippen molar-refractivity contribution in [3.63, 3.8) is 0 Å². The fraction of sp³-hybridized carbons (Fsp3) is 0.800. The highest BCUT2D eigenvalue weighted by Gasteiger charge is 2.23. The van der Waals surface area contributed by atoms with Gasteiger partial charge in [0.1, 0.15) is 0 Å². The second kappa shape index (κ2) is 6.37. The van der Waals surface area contributed by atoms with Crippen LogP contribution < -0.4 is 5.32 Å². The van der Waals surface area contributed by atoms with E-state index in [0.29, 0.717) is 17.5 Å². The average Bonchev–Trinajstić information content (AvgIpc) is 2.71. The number of hydrogen-bond acceptors (Lipinski definition) is 2. The molecule has 1 atom stereocenters. The van der Waals surface area contributed by atoms with E-state index in [1.54, 1.807) is 0 Å². The van der Waals surface area contributed by atoms with Gasteiger partial charge in [0.2, 0.25) is 0 Å². The number of aryl methyl sites for hydroxylation is 1. The molecule has 1 unspecified atom stereocenters. The normalized spacial score (nSPS) is 14.2. The van der Waals surface area contributed by atoms with Gasteiger partial charge in [-0.25, -0.2) is 0 Å². The molecule has 0 spiro atoms. The summed E-state index contributed by atoms with van der Waals surface area (Å²) in [5.74, 6) is 0. The first-order valence-electron chi connectivity index (χ1n) is 7.12. The Morgan fingerprint density at radius 3 is 2.44 bits per heavy atom. The summed E-state index contributed by atoms with van der Waals surface area (Å²) in [6.07, 6.45) is 4.28. The molecule has 18 heavy (non-hydrogen) atoms. The molecular weight excluding hydrogens is 222 g/mol. The fourth-order valence-corrected chi connectivity index (χ4v) is 2.18. The van der Waals surface area contributed by atoms with Crippen molar-refractivity contribution in [2.45, 2.75) is 66.5 Å². The van der Waals surface area contributed by atoms with Gasteiger partial charge in [0.15, 0.2) is 0 Å². The molecule has 1 rings (SSSR count). The Hall–Kier alpha value is -0.830. The lowest BCUT2D eigenvalue weighted by atomic mass is 9.84. The van der Waals surface area contributed by atoms with Crippen LogP contribution in [0.4, 0.5) is 0 Å². The van der Waals surface area contributed by atoms with Gasteiger partial charge in [-0.15, -0.1) is 0 Å². The molecule has 0 bridgehead atoms. The molecule has 1 heterocycles. The lowest BCUT2D eigenvalue weighted by molar-refractivity contribution is 0.258. The highest BCUT2D eigenvalue weighted by Crippen LogP contribution is 2.23. The van der Waals surface area contributed by atoms with Gasteiger partial charge in [0.05, 0.1) is 5.69 Å². The molecule has 0 aliphatic carbocycles. The van der Waals surface area contributed by atoms with Crippen molar-refractivity contribution in [3.05, 3.63) is 18.0 Å². The van der Waals surface area contributed by atoms with Crippen molar-refractivity contribution >= 4 is 0 Å². The Morgan fingerprint density at radius 1 is 1.33 bits per heavy atom. The van der Waals surface area contributed by atoms with Gasteiger partial charge in [0, 0.05) is 18.3 Å². The molecule has 3 nitrogen and oxygen atoms in total. The molecule has 0 radical (unpaired) electrons. The van der Waals surface area contributed by atoms with E-state index >= 15 is 0 Å². The van der Waals surface area contributed by atoms with Crippen molar-refractivity contribution in [2.24, 2.45) is 5.41 Å². The van der Waals surface area contributed by atoms with Gasteiger partial charge in [-0.05, 0) is 44.7 Å². The quantitative estimate of drug-likeness (QED) is 0.839. The number of hydrogen-bond donors (Lipinski definition) is 1. The molecular formula is C15H29N3. The summed E-state index contributed by atoms with van der Waals surface area (Å²) in [6, 6.07) is 3.14. The minimum absolute atomic E-state index is 0.302. The molecule has 0 amide bonds. The first kappa shape index (κ1) is 15.2. The van der Waals surface area contributed by atoms with E-state index in [2.05, 4.69) is 64.2 Å². The summed E-state index contributed by atoms with van der Waals surface area (Å²) in [4.78, 5) is 0. The largest absolute Gasteiger partial charge is 0.314 e. The van der Waals surface area contributed by atoms with Gasteiger partial charge in [0.25, 0.3) is 0 Å². The highest BCUT2D eigenvalue weighted by molar-refractivity contribution is 5.00. The third-order valence-corrected chi connectivity index (χ3v) is 3.38. The second-order valence-corrected chi connectivity index (χ2v) is 6.40. The number of nitrogens with zero attached hydrogens (tertiary/aromatic N) is 2. The van der Waals surface area contributed by atoms with E-state index in [4.69, 9.17) is 0 Å². The van der Waals surface area contributed by atoms with Gasteiger partial charge in [-0.3, -0.25) is 4.68 Å². The maximum atomic E-state index is 4.61.